The lowest BCUT2D eigenvalue weighted by molar-refractivity contribution is -0.384. The van der Waals surface area contributed by atoms with Crippen molar-refractivity contribution >= 4 is 17.3 Å². The molecule has 0 aromatic heterocycles. The molecular weight excluding hydrogens is 338 g/mol. The molecule has 0 saturated heterocycles. The highest BCUT2D eigenvalue weighted by molar-refractivity contribution is 6.00. The van der Waals surface area contributed by atoms with E-state index < -0.39 is 10.8 Å². The van der Waals surface area contributed by atoms with E-state index in [1.54, 1.807) is 26.3 Å². The summed E-state index contributed by atoms with van der Waals surface area (Å²) in [5.41, 5.74) is 1.39. The van der Waals surface area contributed by atoms with E-state index >= 15 is 0 Å². The van der Waals surface area contributed by atoms with E-state index in [1.807, 2.05) is 13.0 Å². The number of hydrogen-bond acceptors (Lipinski definition) is 6. The Bertz CT molecular complexity index is 807. The zero-order chi connectivity index (χ0) is 19.1. The predicted octanol–water partition coefficient (Wildman–Crippen LogP) is 2.97. The zero-order valence-corrected chi connectivity index (χ0v) is 14.9. The van der Waals surface area contributed by atoms with Crippen molar-refractivity contribution in [3.05, 3.63) is 57.6 Å². The molecule has 2 aromatic rings. The summed E-state index contributed by atoms with van der Waals surface area (Å²) in [4.78, 5) is 22.9. The van der Waals surface area contributed by atoms with Gasteiger partial charge >= 0.3 is 0 Å². The SMILES string of the molecule is CCOc1ccc(CNC(=O)c2cc([N+](=O)[O-])ccc2NC)cc1OC. The Hall–Kier alpha value is -3.29. The van der Waals surface area contributed by atoms with Gasteiger partial charge in [-0.15, -0.1) is 0 Å². The molecule has 0 radical (unpaired) electrons. The summed E-state index contributed by atoms with van der Waals surface area (Å²) in [6.45, 7) is 2.64. The maximum Gasteiger partial charge on any atom is 0.270 e. The average Bonchev–Trinajstić information content (AvgIpc) is 2.66. The lowest BCUT2D eigenvalue weighted by Crippen LogP contribution is -2.24. The van der Waals surface area contributed by atoms with Crippen molar-refractivity contribution in [2.45, 2.75) is 13.5 Å². The number of ether oxygens (including phenoxy) is 2. The van der Waals surface area contributed by atoms with Gasteiger partial charge in [0.05, 0.1) is 24.2 Å². The minimum atomic E-state index is -0.534. The molecule has 2 rings (SSSR count). The standard InChI is InChI=1S/C18H21N3O5/c1-4-26-16-8-5-12(9-17(16)25-3)11-20-18(22)14-10-13(21(23)24)6-7-15(14)19-2/h5-10,19H,4,11H2,1-3H3,(H,20,22). The highest BCUT2D eigenvalue weighted by Gasteiger charge is 2.16. The quantitative estimate of drug-likeness (QED) is 0.555. The second-order valence-corrected chi connectivity index (χ2v) is 5.34. The van der Waals surface area contributed by atoms with E-state index in [0.717, 1.165) is 5.56 Å². The van der Waals surface area contributed by atoms with Crippen LogP contribution in [0.15, 0.2) is 36.4 Å². The van der Waals surface area contributed by atoms with Crippen LogP contribution >= 0.6 is 0 Å². The molecule has 26 heavy (non-hydrogen) atoms. The van der Waals surface area contributed by atoms with E-state index in [2.05, 4.69) is 10.6 Å². The first-order valence-electron chi connectivity index (χ1n) is 8.04. The first kappa shape index (κ1) is 19.0. The minimum absolute atomic E-state index is 0.142. The van der Waals surface area contributed by atoms with Gasteiger partial charge in [0.15, 0.2) is 11.5 Å². The van der Waals surface area contributed by atoms with Crippen LogP contribution < -0.4 is 20.1 Å². The molecule has 8 nitrogen and oxygen atoms in total. The molecule has 0 fully saturated rings. The maximum absolute atomic E-state index is 12.5. The summed E-state index contributed by atoms with van der Waals surface area (Å²) >= 11 is 0. The molecular formula is C18H21N3O5. The van der Waals surface area contributed by atoms with Crippen LogP contribution in [0.5, 0.6) is 11.5 Å². The first-order valence-corrected chi connectivity index (χ1v) is 8.04. The molecule has 138 valence electrons. The Morgan fingerprint density at radius 3 is 2.58 bits per heavy atom. The number of non-ortho nitro benzene ring substituents is 1. The van der Waals surface area contributed by atoms with Gasteiger partial charge in [-0.1, -0.05) is 6.07 Å². The number of hydrogen-bond donors (Lipinski definition) is 2. The van der Waals surface area contributed by atoms with E-state index in [-0.39, 0.29) is 17.8 Å². The first-order chi connectivity index (χ1) is 12.5. The van der Waals surface area contributed by atoms with E-state index in [4.69, 9.17) is 9.47 Å². The molecule has 0 aliphatic carbocycles. The van der Waals surface area contributed by atoms with Gasteiger partial charge in [0.2, 0.25) is 0 Å². The second kappa shape index (κ2) is 8.70. The largest absolute Gasteiger partial charge is 0.493 e. The molecule has 1 amide bonds. The van der Waals surface area contributed by atoms with Gasteiger partial charge < -0.3 is 20.1 Å². The van der Waals surface area contributed by atoms with Crippen molar-refractivity contribution in [2.75, 3.05) is 26.1 Å². The third kappa shape index (κ3) is 4.41. The summed E-state index contributed by atoms with van der Waals surface area (Å²) in [5, 5.41) is 16.6. The van der Waals surface area contributed by atoms with Crippen molar-refractivity contribution in [3.8, 4) is 11.5 Å². The number of rotatable bonds is 8. The predicted molar refractivity (Wildman–Crippen MR) is 98.0 cm³/mol. The summed E-state index contributed by atoms with van der Waals surface area (Å²) in [6.07, 6.45) is 0. The Balaban J connectivity index is 2.16. The average molecular weight is 359 g/mol. The molecule has 0 unspecified atom stereocenters. The summed E-state index contributed by atoms with van der Waals surface area (Å²) in [6, 6.07) is 9.47. The molecule has 0 heterocycles. The van der Waals surface area contributed by atoms with Gasteiger partial charge in [-0.3, -0.25) is 14.9 Å². The molecule has 0 aliphatic heterocycles. The summed E-state index contributed by atoms with van der Waals surface area (Å²) < 4.78 is 10.7. The molecule has 0 bridgehead atoms. The number of methoxy groups -OCH3 is 1. The number of carbonyl (C=O) groups is 1. The van der Waals surface area contributed by atoms with Crippen LogP contribution in [0.2, 0.25) is 0 Å². The Labute approximate surface area is 151 Å². The van der Waals surface area contributed by atoms with Crippen molar-refractivity contribution in [1.29, 1.82) is 0 Å². The monoisotopic (exact) mass is 359 g/mol. The normalized spacial score (nSPS) is 10.1. The minimum Gasteiger partial charge on any atom is -0.493 e. The van der Waals surface area contributed by atoms with Crippen molar-refractivity contribution < 1.29 is 19.2 Å². The maximum atomic E-state index is 12.5. The van der Waals surface area contributed by atoms with Crippen LogP contribution in [0, 0.1) is 10.1 Å². The van der Waals surface area contributed by atoms with Crippen LogP contribution in [-0.4, -0.2) is 31.6 Å². The number of nitro benzene ring substituents is 1. The fourth-order valence-corrected chi connectivity index (χ4v) is 2.43. The third-order valence-electron chi connectivity index (χ3n) is 3.71. The van der Waals surface area contributed by atoms with Gasteiger partial charge in [-0.2, -0.15) is 0 Å². The van der Waals surface area contributed by atoms with Crippen LogP contribution in [0.3, 0.4) is 0 Å². The summed E-state index contributed by atoms with van der Waals surface area (Å²) in [5.74, 6) is 0.789. The van der Waals surface area contributed by atoms with Crippen LogP contribution in [0.1, 0.15) is 22.8 Å². The van der Waals surface area contributed by atoms with Gasteiger partial charge in [0, 0.05) is 31.4 Å². The number of carbonyl (C=O) groups excluding carboxylic acids is 1. The number of nitrogens with one attached hydrogen (secondary N) is 2. The van der Waals surface area contributed by atoms with Gasteiger partial charge in [0.1, 0.15) is 0 Å². The second-order valence-electron chi connectivity index (χ2n) is 5.34. The molecule has 0 aliphatic rings. The summed E-state index contributed by atoms with van der Waals surface area (Å²) in [7, 11) is 3.19. The van der Waals surface area contributed by atoms with Crippen molar-refractivity contribution in [3.63, 3.8) is 0 Å². The molecule has 8 heteroatoms. The van der Waals surface area contributed by atoms with Crippen LogP contribution in [0.4, 0.5) is 11.4 Å². The molecule has 2 N–H and O–H groups in total. The highest BCUT2D eigenvalue weighted by Crippen LogP contribution is 2.28. The van der Waals surface area contributed by atoms with Crippen molar-refractivity contribution in [1.82, 2.24) is 5.32 Å². The van der Waals surface area contributed by atoms with E-state index in [0.29, 0.717) is 23.8 Å². The Morgan fingerprint density at radius 2 is 1.96 bits per heavy atom. The third-order valence-corrected chi connectivity index (χ3v) is 3.71. The zero-order valence-electron chi connectivity index (χ0n) is 14.9. The lowest BCUT2D eigenvalue weighted by atomic mass is 10.1. The Kier molecular flexibility index (Phi) is 6.37. The highest BCUT2D eigenvalue weighted by atomic mass is 16.6. The smallest absolute Gasteiger partial charge is 0.270 e. The van der Waals surface area contributed by atoms with Crippen LogP contribution in [0.25, 0.3) is 0 Å². The molecule has 0 spiro atoms. The lowest BCUT2D eigenvalue weighted by Gasteiger charge is -2.12. The van der Waals surface area contributed by atoms with Gasteiger partial charge in [0.25, 0.3) is 11.6 Å². The Morgan fingerprint density at radius 1 is 1.19 bits per heavy atom. The number of nitro groups is 1. The van der Waals surface area contributed by atoms with Gasteiger partial charge in [-0.05, 0) is 30.7 Å². The van der Waals surface area contributed by atoms with E-state index in [1.165, 1.54) is 18.2 Å². The topological polar surface area (TPSA) is 103 Å². The van der Waals surface area contributed by atoms with Crippen LogP contribution in [-0.2, 0) is 6.54 Å². The number of anilines is 1. The molecule has 0 atom stereocenters. The molecule has 0 saturated carbocycles. The number of amides is 1. The fourth-order valence-electron chi connectivity index (χ4n) is 2.43. The number of nitrogens with zero attached hydrogens (tertiary/aromatic N) is 1. The fraction of sp³-hybridized carbons (Fsp3) is 0.278. The molecule has 2 aromatic carbocycles. The van der Waals surface area contributed by atoms with Gasteiger partial charge in [-0.25, -0.2) is 0 Å². The van der Waals surface area contributed by atoms with E-state index in [9.17, 15) is 14.9 Å². The van der Waals surface area contributed by atoms with Crippen molar-refractivity contribution in [2.24, 2.45) is 0 Å². The number of benzene rings is 2.